The molecule has 5 nitrogen and oxygen atoms in total. The molecule has 84 valence electrons. The van der Waals surface area contributed by atoms with Crippen molar-refractivity contribution in [1.29, 1.82) is 0 Å². The van der Waals surface area contributed by atoms with Crippen LogP contribution in [0.5, 0.6) is 0 Å². The van der Waals surface area contributed by atoms with Crippen LogP contribution < -0.4 is 0 Å². The number of nitrogens with zero attached hydrogens (tertiary/aromatic N) is 1. The highest BCUT2D eigenvalue weighted by molar-refractivity contribution is 5.69. The Morgan fingerprint density at radius 3 is 2.64 bits per heavy atom. The SMILES string of the molecule is COC(=O)CCN(C)CCOCCO. The molecule has 5 heteroatoms. The van der Waals surface area contributed by atoms with Gasteiger partial charge in [0, 0.05) is 13.1 Å². The monoisotopic (exact) mass is 205 g/mol. The van der Waals surface area contributed by atoms with Crippen LogP contribution in [-0.4, -0.2) is 63.0 Å². The van der Waals surface area contributed by atoms with Gasteiger partial charge in [-0.25, -0.2) is 0 Å². The molecule has 0 aromatic rings. The zero-order valence-corrected chi connectivity index (χ0v) is 8.86. The Balaban J connectivity index is 3.27. The molecule has 0 aliphatic heterocycles. The third-order valence-electron chi connectivity index (χ3n) is 1.78. The first kappa shape index (κ1) is 13.4. The molecule has 0 unspecified atom stereocenters. The Bertz CT molecular complexity index is 152. The number of aliphatic hydroxyl groups excluding tert-OH is 1. The molecule has 0 aromatic heterocycles. The van der Waals surface area contributed by atoms with E-state index in [4.69, 9.17) is 9.84 Å². The molecule has 0 saturated heterocycles. The summed E-state index contributed by atoms with van der Waals surface area (Å²) in [7, 11) is 3.29. The van der Waals surface area contributed by atoms with Crippen molar-refractivity contribution in [1.82, 2.24) is 4.90 Å². The number of ether oxygens (including phenoxy) is 2. The van der Waals surface area contributed by atoms with E-state index in [0.717, 1.165) is 6.54 Å². The number of hydrogen-bond acceptors (Lipinski definition) is 5. The summed E-state index contributed by atoms with van der Waals surface area (Å²) in [4.78, 5) is 12.8. The van der Waals surface area contributed by atoms with Gasteiger partial charge in [0.05, 0.1) is 33.4 Å². The Morgan fingerprint density at radius 2 is 2.07 bits per heavy atom. The van der Waals surface area contributed by atoms with E-state index in [1.807, 2.05) is 11.9 Å². The van der Waals surface area contributed by atoms with Crippen molar-refractivity contribution in [3.05, 3.63) is 0 Å². The molecule has 0 bridgehead atoms. The number of esters is 1. The Kier molecular flexibility index (Phi) is 8.51. The van der Waals surface area contributed by atoms with Crippen molar-refractivity contribution in [3.63, 3.8) is 0 Å². The van der Waals surface area contributed by atoms with Crippen LogP contribution in [0.3, 0.4) is 0 Å². The Morgan fingerprint density at radius 1 is 1.36 bits per heavy atom. The van der Waals surface area contributed by atoms with Crippen LogP contribution in [-0.2, 0) is 14.3 Å². The van der Waals surface area contributed by atoms with Gasteiger partial charge >= 0.3 is 5.97 Å². The van der Waals surface area contributed by atoms with E-state index in [9.17, 15) is 4.79 Å². The van der Waals surface area contributed by atoms with Crippen LogP contribution in [0.1, 0.15) is 6.42 Å². The first-order valence-corrected chi connectivity index (χ1v) is 4.64. The van der Waals surface area contributed by atoms with Crippen molar-refractivity contribution < 1.29 is 19.4 Å². The maximum absolute atomic E-state index is 10.8. The molecule has 0 fully saturated rings. The van der Waals surface area contributed by atoms with E-state index >= 15 is 0 Å². The van der Waals surface area contributed by atoms with Crippen LogP contribution in [0.15, 0.2) is 0 Å². The molecule has 0 aliphatic carbocycles. The van der Waals surface area contributed by atoms with Gasteiger partial charge in [-0.1, -0.05) is 0 Å². The third kappa shape index (κ3) is 7.97. The minimum atomic E-state index is -0.201. The van der Waals surface area contributed by atoms with Gasteiger partial charge in [0.25, 0.3) is 0 Å². The third-order valence-corrected chi connectivity index (χ3v) is 1.78. The smallest absolute Gasteiger partial charge is 0.306 e. The molecule has 14 heavy (non-hydrogen) atoms. The largest absolute Gasteiger partial charge is 0.469 e. The number of methoxy groups -OCH3 is 1. The number of carbonyl (C=O) groups is 1. The highest BCUT2D eigenvalue weighted by atomic mass is 16.5. The number of hydrogen-bond donors (Lipinski definition) is 1. The van der Waals surface area contributed by atoms with Crippen LogP contribution in [0.25, 0.3) is 0 Å². The molecule has 0 radical (unpaired) electrons. The Hall–Kier alpha value is -0.650. The lowest BCUT2D eigenvalue weighted by atomic mass is 10.4. The summed E-state index contributed by atoms with van der Waals surface area (Å²) in [6.45, 7) is 2.39. The van der Waals surface area contributed by atoms with Crippen LogP contribution in [0.4, 0.5) is 0 Å². The highest BCUT2D eigenvalue weighted by Gasteiger charge is 2.03. The summed E-state index contributed by atoms with van der Waals surface area (Å²) in [5.41, 5.74) is 0. The van der Waals surface area contributed by atoms with E-state index in [2.05, 4.69) is 4.74 Å². The average molecular weight is 205 g/mol. The standard InChI is InChI=1S/C9H19NO4/c1-10(4-3-9(12)13-2)5-7-14-8-6-11/h11H,3-8H2,1-2H3. The zero-order valence-electron chi connectivity index (χ0n) is 8.86. The number of rotatable bonds is 8. The molecule has 1 N–H and O–H groups in total. The van der Waals surface area contributed by atoms with Gasteiger partial charge in [-0.2, -0.15) is 0 Å². The maximum atomic E-state index is 10.8. The van der Waals surface area contributed by atoms with E-state index in [0.29, 0.717) is 26.2 Å². The van der Waals surface area contributed by atoms with E-state index < -0.39 is 0 Å². The number of carbonyl (C=O) groups excluding carboxylic acids is 1. The lowest BCUT2D eigenvalue weighted by Gasteiger charge is -2.15. The van der Waals surface area contributed by atoms with Crippen LogP contribution in [0.2, 0.25) is 0 Å². The maximum Gasteiger partial charge on any atom is 0.306 e. The molecule has 0 spiro atoms. The van der Waals surface area contributed by atoms with Gasteiger partial charge in [-0.3, -0.25) is 4.79 Å². The van der Waals surface area contributed by atoms with Crippen molar-refractivity contribution in [2.24, 2.45) is 0 Å². The predicted molar refractivity (Wildman–Crippen MR) is 52.0 cm³/mol. The fourth-order valence-corrected chi connectivity index (χ4v) is 0.883. The van der Waals surface area contributed by atoms with Crippen LogP contribution in [0, 0.1) is 0 Å². The molecule has 0 heterocycles. The van der Waals surface area contributed by atoms with Crippen molar-refractivity contribution >= 4 is 5.97 Å². The summed E-state index contributed by atoms with van der Waals surface area (Å²) in [6.07, 6.45) is 0.396. The Labute approximate surface area is 84.6 Å². The van der Waals surface area contributed by atoms with Crippen molar-refractivity contribution in [2.45, 2.75) is 6.42 Å². The van der Waals surface area contributed by atoms with Gasteiger partial charge in [0.2, 0.25) is 0 Å². The zero-order chi connectivity index (χ0) is 10.8. The van der Waals surface area contributed by atoms with E-state index in [-0.39, 0.29) is 12.6 Å². The minimum absolute atomic E-state index is 0.0475. The van der Waals surface area contributed by atoms with Gasteiger partial charge in [-0.05, 0) is 7.05 Å². The predicted octanol–water partition coefficient (Wildman–Crippen LogP) is -0.510. The highest BCUT2D eigenvalue weighted by Crippen LogP contribution is 1.90. The lowest BCUT2D eigenvalue weighted by molar-refractivity contribution is -0.140. The summed E-state index contributed by atoms with van der Waals surface area (Å²) >= 11 is 0. The lowest BCUT2D eigenvalue weighted by Crippen LogP contribution is -2.26. The van der Waals surface area contributed by atoms with Gasteiger partial charge in [-0.15, -0.1) is 0 Å². The minimum Gasteiger partial charge on any atom is -0.469 e. The van der Waals surface area contributed by atoms with Crippen molar-refractivity contribution in [3.8, 4) is 0 Å². The molecule has 0 amide bonds. The average Bonchev–Trinajstić information content (AvgIpc) is 2.21. The van der Waals surface area contributed by atoms with Gasteiger partial charge in [0.1, 0.15) is 0 Å². The fraction of sp³-hybridized carbons (Fsp3) is 0.889. The first-order chi connectivity index (χ1) is 6.70. The molecular formula is C9H19NO4. The molecule has 0 saturated carbocycles. The topological polar surface area (TPSA) is 59.0 Å². The molecule has 0 atom stereocenters. The van der Waals surface area contributed by atoms with Crippen molar-refractivity contribution in [2.75, 3.05) is 47.1 Å². The second-order valence-corrected chi connectivity index (χ2v) is 2.97. The molecule has 0 rings (SSSR count). The van der Waals surface area contributed by atoms with Crippen LogP contribution >= 0.6 is 0 Å². The second kappa shape index (κ2) is 8.93. The summed E-state index contributed by atoms with van der Waals surface area (Å²) in [5, 5.41) is 8.44. The van der Waals surface area contributed by atoms with E-state index in [1.54, 1.807) is 0 Å². The molecule has 0 aromatic carbocycles. The molecular weight excluding hydrogens is 186 g/mol. The first-order valence-electron chi connectivity index (χ1n) is 4.64. The summed E-state index contributed by atoms with van der Waals surface area (Å²) in [6, 6.07) is 0. The quantitative estimate of drug-likeness (QED) is 0.427. The summed E-state index contributed by atoms with van der Waals surface area (Å²) in [5.74, 6) is -0.201. The normalized spacial score (nSPS) is 10.6. The van der Waals surface area contributed by atoms with Gasteiger partial charge < -0.3 is 19.5 Å². The van der Waals surface area contributed by atoms with Gasteiger partial charge in [0.15, 0.2) is 0 Å². The molecule has 0 aliphatic rings. The van der Waals surface area contributed by atoms with E-state index in [1.165, 1.54) is 7.11 Å². The summed E-state index contributed by atoms with van der Waals surface area (Å²) < 4.78 is 9.59. The number of likely N-dealkylation sites (N-methyl/N-ethyl adjacent to an activating group) is 1. The number of aliphatic hydroxyl groups is 1. The fourth-order valence-electron chi connectivity index (χ4n) is 0.883. The second-order valence-electron chi connectivity index (χ2n) is 2.97.